The van der Waals surface area contributed by atoms with Crippen LogP contribution in [0.4, 0.5) is 5.69 Å². The predicted molar refractivity (Wildman–Crippen MR) is 76.5 cm³/mol. The predicted octanol–water partition coefficient (Wildman–Crippen LogP) is 0.708. The molecular formula is C13H19N3O3S. The van der Waals surface area contributed by atoms with Gasteiger partial charge in [0.15, 0.2) is 0 Å². The fourth-order valence-electron chi connectivity index (χ4n) is 2.04. The second-order valence-electron chi connectivity index (χ2n) is 5.53. The van der Waals surface area contributed by atoms with E-state index in [1.54, 1.807) is 19.9 Å². The van der Waals surface area contributed by atoms with Gasteiger partial charge < -0.3 is 11.1 Å². The van der Waals surface area contributed by atoms with Crippen molar-refractivity contribution in [2.75, 3.05) is 5.32 Å². The third-order valence-corrected chi connectivity index (χ3v) is 4.61. The molecule has 1 aromatic carbocycles. The Hall–Kier alpha value is -1.44. The Labute approximate surface area is 118 Å². The van der Waals surface area contributed by atoms with Crippen molar-refractivity contribution in [1.82, 2.24) is 0 Å². The van der Waals surface area contributed by atoms with E-state index >= 15 is 0 Å². The van der Waals surface area contributed by atoms with Gasteiger partial charge in [-0.15, -0.1) is 0 Å². The van der Waals surface area contributed by atoms with Crippen molar-refractivity contribution in [3.63, 3.8) is 0 Å². The van der Waals surface area contributed by atoms with Crippen LogP contribution in [0.1, 0.15) is 25.3 Å². The number of sulfonamides is 1. The maximum atomic E-state index is 12.2. The minimum absolute atomic E-state index is 0.0384. The molecule has 0 radical (unpaired) electrons. The van der Waals surface area contributed by atoms with Gasteiger partial charge in [-0.25, -0.2) is 13.6 Å². The van der Waals surface area contributed by atoms with Crippen molar-refractivity contribution >= 4 is 21.6 Å². The number of anilines is 1. The van der Waals surface area contributed by atoms with E-state index in [1.807, 2.05) is 0 Å². The van der Waals surface area contributed by atoms with Gasteiger partial charge in [0.2, 0.25) is 15.9 Å². The lowest BCUT2D eigenvalue weighted by molar-refractivity contribution is -0.121. The third kappa shape index (κ3) is 3.00. The zero-order valence-electron chi connectivity index (χ0n) is 11.5. The Balaban J connectivity index is 2.27. The first kappa shape index (κ1) is 15.0. The summed E-state index contributed by atoms with van der Waals surface area (Å²) >= 11 is 0. The van der Waals surface area contributed by atoms with Crippen molar-refractivity contribution in [2.45, 2.75) is 37.1 Å². The highest BCUT2D eigenvalue weighted by molar-refractivity contribution is 7.89. The molecule has 0 saturated heterocycles. The van der Waals surface area contributed by atoms with E-state index in [9.17, 15) is 13.2 Å². The number of carbonyl (C=O) groups excluding carboxylic acids is 1. The largest absolute Gasteiger partial charge is 0.324 e. The average Bonchev–Trinajstić information content (AvgIpc) is 3.14. The molecule has 6 nitrogen and oxygen atoms in total. The van der Waals surface area contributed by atoms with Crippen LogP contribution in [0.5, 0.6) is 0 Å². The van der Waals surface area contributed by atoms with Gasteiger partial charge in [0.1, 0.15) is 0 Å². The highest BCUT2D eigenvalue weighted by Gasteiger charge is 2.44. The van der Waals surface area contributed by atoms with Crippen LogP contribution in [0.25, 0.3) is 0 Å². The van der Waals surface area contributed by atoms with Crippen LogP contribution in [0.15, 0.2) is 23.1 Å². The van der Waals surface area contributed by atoms with Crippen LogP contribution >= 0.6 is 0 Å². The van der Waals surface area contributed by atoms with Crippen molar-refractivity contribution in [1.29, 1.82) is 0 Å². The number of amides is 1. The number of nitrogens with one attached hydrogen (secondary N) is 1. The summed E-state index contributed by atoms with van der Waals surface area (Å²) in [5, 5.41) is 7.79. The molecule has 0 heterocycles. The summed E-state index contributed by atoms with van der Waals surface area (Å²) in [5.41, 5.74) is 6.26. The van der Waals surface area contributed by atoms with Gasteiger partial charge in [0, 0.05) is 5.69 Å². The first-order valence-electron chi connectivity index (χ1n) is 6.36. The number of hydrogen-bond acceptors (Lipinski definition) is 4. The molecule has 20 heavy (non-hydrogen) atoms. The van der Waals surface area contributed by atoms with E-state index in [1.165, 1.54) is 12.1 Å². The standard InChI is InChI=1S/C13H19N3O3S/c1-8-3-6-10(20(15,18)19)7-11(8)16-12(17)13(2,14)9-4-5-9/h3,6-7,9H,4-5,14H2,1-2H3,(H,16,17)(H2,15,18,19). The summed E-state index contributed by atoms with van der Waals surface area (Å²) < 4.78 is 22.7. The number of aryl methyl sites for hydroxylation is 1. The lowest BCUT2D eigenvalue weighted by Gasteiger charge is -2.23. The SMILES string of the molecule is Cc1ccc(S(N)(=O)=O)cc1NC(=O)C(C)(N)C1CC1. The van der Waals surface area contributed by atoms with Crippen molar-refractivity contribution in [3.05, 3.63) is 23.8 Å². The minimum Gasteiger partial charge on any atom is -0.324 e. The average molecular weight is 297 g/mol. The third-order valence-electron chi connectivity index (χ3n) is 3.70. The molecule has 5 N–H and O–H groups in total. The van der Waals surface area contributed by atoms with Crippen molar-refractivity contribution in [2.24, 2.45) is 16.8 Å². The maximum Gasteiger partial charge on any atom is 0.244 e. The molecule has 1 saturated carbocycles. The van der Waals surface area contributed by atoms with Crippen LogP contribution in [0.3, 0.4) is 0 Å². The van der Waals surface area contributed by atoms with Crippen LogP contribution in [-0.4, -0.2) is 19.9 Å². The van der Waals surface area contributed by atoms with Gasteiger partial charge in [-0.3, -0.25) is 4.79 Å². The van der Waals surface area contributed by atoms with E-state index in [2.05, 4.69) is 5.32 Å². The minimum atomic E-state index is -3.80. The van der Waals surface area contributed by atoms with Gasteiger partial charge in [0.25, 0.3) is 0 Å². The first-order valence-corrected chi connectivity index (χ1v) is 7.91. The van der Waals surface area contributed by atoms with Crippen LogP contribution < -0.4 is 16.2 Å². The topological polar surface area (TPSA) is 115 Å². The Bertz CT molecular complexity index is 649. The molecule has 1 atom stereocenters. The van der Waals surface area contributed by atoms with E-state index in [-0.39, 0.29) is 16.7 Å². The zero-order chi connectivity index (χ0) is 15.1. The number of nitrogens with two attached hydrogens (primary N) is 2. The van der Waals surface area contributed by atoms with Crippen LogP contribution in [0.2, 0.25) is 0 Å². The molecule has 1 amide bonds. The molecule has 2 rings (SSSR count). The molecule has 1 aromatic rings. The molecule has 0 aliphatic heterocycles. The first-order chi connectivity index (χ1) is 9.12. The molecule has 110 valence electrons. The van der Waals surface area contributed by atoms with E-state index < -0.39 is 15.6 Å². The number of rotatable bonds is 4. The lowest BCUT2D eigenvalue weighted by atomic mass is 9.96. The van der Waals surface area contributed by atoms with Crippen molar-refractivity contribution in [3.8, 4) is 0 Å². The van der Waals surface area contributed by atoms with E-state index in [4.69, 9.17) is 10.9 Å². The molecule has 1 unspecified atom stereocenters. The van der Waals surface area contributed by atoms with E-state index in [0.29, 0.717) is 5.69 Å². The highest BCUT2D eigenvalue weighted by atomic mass is 32.2. The molecule has 1 aliphatic rings. The fourth-order valence-corrected chi connectivity index (χ4v) is 2.58. The molecule has 7 heteroatoms. The molecule has 0 bridgehead atoms. The summed E-state index contributed by atoms with van der Waals surface area (Å²) in [6.45, 7) is 3.46. The smallest absolute Gasteiger partial charge is 0.244 e. The monoisotopic (exact) mass is 297 g/mol. The molecule has 0 spiro atoms. The van der Waals surface area contributed by atoms with Crippen LogP contribution in [0, 0.1) is 12.8 Å². The van der Waals surface area contributed by atoms with Crippen molar-refractivity contribution < 1.29 is 13.2 Å². The Morgan fingerprint density at radius 3 is 2.50 bits per heavy atom. The normalized spacial score (nSPS) is 18.4. The summed E-state index contributed by atoms with van der Waals surface area (Å²) in [4.78, 5) is 12.2. The van der Waals surface area contributed by atoms with Gasteiger partial charge in [0.05, 0.1) is 10.4 Å². The molecule has 0 aromatic heterocycles. The quantitative estimate of drug-likeness (QED) is 0.759. The summed E-state index contributed by atoms with van der Waals surface area (Å²) in [6.07, 6.45) is 1.88. The number of hydrogen-bond donors (Lipinski definition) is 3. The second kappa shape index (κ2) is 4.83. The number of primary sulfonamides is 1. The lowest BCUT2D eigenvalue weighted by Crippen LogP contribution is -2.50. The van der Waals surface area contributed by atoms with Crippen LogP contribution in [-0.2, 0) is 14.8 Å². The number of carbonyl (C=O) groups is 1. The Morgan fingerprint density at radius 1 is 1.40 bits per heavy atom. The fraction of sp³-hybridized carbons (Fsp3) is 0.462. The Kier molecular flexibility index (Phi) is 3.62. The maximum absolute atomic E-state index is 12.2. The van der Waals surface area contributed by atoms with Gasteiger partial charge in [-0.05, 0) is 50.3 Å². The number of benzene rings is 1. The van der Waals surface area contributed by atoms with Gasteiger partial charge in [-0.1, -0.05) is 6.07 Å². The van der Waals surface area contributed by atoms with E-state index in [0.717, 1.165) is 18.4 Å². The summed E-state index contributed by atoms with van der Waals surface area (Å²) in [7, 11) is -3.80. The molecular weight excluding hydrogens is 278 g/mol. The molecule has 1 aliphatic carbocycles. The second-order valence-corrected chi connectivity index (χ2v) is 7.09. The van der Waals surface area contributed by atoms with Gasteiger partial charge >= 0.3 is 0 Å². The highest BCUT2D eigenvalue weighted by Crippen LogP contribution is 2.38. The molecule has 1 fully saturated rings. The van der Waals surface area contributed by atoms with Gasteiger partial charge in [-0.2, -0.15) is 0 Å². The summed E-state index contributed by atoms with van der Waals surface area (Å²) in [6, 6.07) is 4.36. The summed E-state index contributed by atoms with van der Waals surface area (Å²) in [5.74, 6) is -0.126. The Morgan fingerprint density at radius 2 is 2.00 bits per heavy atom. The zero-order valence-corrected chi connectivity index (χ0v) is 12.3.